The molecule has 1 N–H and O–H groups in total. The molecule has 0 aromatic heterocycles. The van der Waals surface area contributed by atoms with E-state index in [1.165, 1.54) is 12.1 Å². The van der Waals surface area contributed by atoms with E-state index in [2.05, 4.69) is 0 Å². The Labute approximate surface area is 111 Å². The summed E-state index contributed by atoms with van der Waals surface area (Å²) >= 11 is 6.13. The molecule has 2 rings (SSSR count). The third kappa shape index (κ3) is 2.55. The molecule has 1 unspecified atom stereocenters. The molecule has 0 fully saturated rings. The molecule has 94 valence electrons. The first-order valence-corrected chi connectivity index (χ1v) is 6.07. The summed E-state index contributed by atoms with van der Waals surface area (Å²) in [6, 6.07) is 9.57. The highest BCUT2D eigenvalue weighted by Crippen LogP contribution is 2.30. The van der Waals surface area contributed by atoms with E-state index in [0.717, 1.165) is 11.1 Å². The highest BCUT2D eigenvalue weighted by atomic mass is 35.5. The zero-order valence-corrected chi connectivity index (χ0v) is 11.0. The lowest BCUT2D eigenvalue weighted by Gasteiger charge is -2.15. The van der Waals surface area contributed by atoms with Crippen LogP contribution >= 0.6 is 11.6 Å². The van der Waals surface area contributed by atoms with Crippen molar-refractivity contribution >= 4 is 11.6 Å². The molecule has 0 saturated carbocycles. The third-order valence-corrected chi connectivity index (χ3v) is 3.40. The minimum Gasteiger partial charge on any atom is -0.384 e. The lowest BCUT2D eigenvalue weighted by atomic mass is 9.98. The maximum atomic E-state index is 13.1. The topological polar surface area (TPSA) is 20.2 Å². The van der Waals surface area contributed by atoms with Crippen molar-refractivity contribution in [2.45, 2.75) is 20.0 Å². The SMILES string of the molecule is Cc1cc(Cl)c(C(O)c2cccc(F)c2)cc1C. The zero-order valence-electron chi connectivity index (χ0n) is 10.2. The Balaban J connectivity index is 2.46. The normalized spacial score (nSPS) is 12.5. The molecular weight excluding hydrogens is 251 g/mol. The van der Waals surface area contributed by atoms with Gasteiger partial charge >= 0.3 is 0 Å². The Morgan fingerprint density at radius 1 is 1.11 bits per heavy atom. The second-order valence-electron chi connectivity index (χ2n) is 4.42. The summed E-state index contributed by atoms with van der Waals surface area (Å²) in [6.07, 6.45) is -0.910. The predicted molar refractivity (Wildman–Crippen MR) is 71.4 cm³/mol. The van der Waals surface area contributed by atoms with Crippen molar-refractivity contribution < 1.29 is 9.50 Å². The van der Waals surface area contributed by atoms with Gasteiger partial charge in [0.1, 0.15) is 11.9 Å². The monoisotopic (exact) mass is 264 g/mol. The van der Waals surface area contributed by atoms with Gasteiger partial charge in [-0.1, -0.05) is 29.8 Å². The number of rotatable bonds is 2. The van der Waals surface area contributed by atoms with Crippen molar-refractivity contribution in [3.05, 3.63) is 69.5 Å². The van der Waals surface area contributed by atoms with Crippen molar-refractivity contribution in [3.63, 3.8) is 0 Å². The molecule has 1 nitrogen and oxygen atoms in total. The summed E-state index contributed by atoms with van der Waals surface area (Å²) in [7, 11) is 0. The standard InChI is InChI=1S/C15H14ClFO/c1-9-6-13(14(16)7-10(9)2)15(18)11-4-3-5-12(17)8-11/h3-8,15,18H,1-2H3. The molecule has 0 spiro atoms. The van der Waals surface area contributed by atoms with E-state index in [9.17, 15) is 9.50 Å². The van der Waals surface area contributed by atoms with Crippen molar-refractivity contribution in [3.8, 4) is 0 Å². The van der Waals surface area contributed by atoms with Crippen LogP contribution in [0.2, 0.25) is 5.02 Å². The van der Waals surface area contributed by atoms with Gasteiger partial charge < -0.3 is 5.11 Å². The molecule has 1 atom stereocenters. The van der Waals surface area contributed by atoms with Crippen LogP contribution < -0.4 is 0 Å². The van der Waals surface area contributed by atoms with Crippen LogP contribution in [0.15, 0.2) is 36.4 Å². The summed E-state index contributed by atoms with van der Waals surface area (Å²) in [6.45, 7) is 3.91. The minimum absolute atomic E-state index is 0.369. The number of aliphatic hydroxyl groups excluding tert-OH is 1. The van der Waals surface area contributed by atoms with Crippen LogP contribution in [0.3, 0.4) is 0 Å². The van der Waals surface area contributed by atoms with E-state index in [0.29, 0.717) is 16.1 Å². The Kier molecular flexibility index (Phi) is 3.69. The van der Waals surface area contributed by atoms with E-state index in [1.807, 2.05) is 26.0 Å². The van der Waals surface area contributed by atoms with Crippen molar-refractivity contribution in [1.29, 1.82) is 0 Å². The molecule has 0 saturated heterocycles. The molecule has 0 aliphatic heterocycles. The fourth-order valence-corrected chi connectivity index (χ4v) is 2.19. The number of aliphatic hydroxyl groups is 1. The Hall–Kier alpha value is -1.38. The molecule has 0 aliphatic carbocycles. The fourth-order valence-electron chi connectivity index (χ4n) is 1.87. The average molecular weight is 265 g/mol. The van der Waals surface area contributed by atoms with Gasteiger partial charge in [0.25, 0.3) is 0 Å². The lowest BCUT2D eigenvalue weighted by molar-refractivity contribution is 0.220. The van der Waals surface area contributed by atoms with Gasteiger partial charge in [-0.15, -0.1) is 0 Å². The number of aryl methyl sites for hydroxylation is 2. The molecular formula is C15H14ClFO. The zero-order chi connectivity index (χ0) is 13.3. The Morgan fingerprint density at radius 2 is 1.78 bits per heavy atom. The molecule has 0 heterocycles. The first-order chi connectivity index (χ1) is 8.49. The average Bonchev–Trinajstić information content (AvgIpc) is 2.33. The summed E-state index contributed by atoms with van der Waals surface area (Å²) in [5.41, 5.74) is 3.21. The van der Waals surface area contributed by atoms with E-state index in [1.54, 1.807) is 12.1 Å². The summed E-state index contributed by atoms with van der Waals surface area (Å²) in [5, 5.41) is 10.8. The number of hydrogen-bond donors (Lipinski definition) is 1. The summed E-state index contributed by atoms with van der Waals surface area (Å²) in [5.74, 6) is -0.369. The van der Waals surface area contributed by atoms with Crippen molar-refractivity contribution in [2.75, 3.05) is 0 Å². The smallest absolute Gasteiger partial charge is 0.123 e. The first-order valence-electron chi connectivity index (χ1n) is 5.69. The van der Waals surface area contributed by atoms with Crippen molar-refractivity contribution in [1.82, 2.24) is 0 Å². The van der Waals surface area contributed by atoms with Gasteiger partial charge in [0.05, 0.1) is 0 Å². The molecule has 0 radical (unpaired) electrons. The van der Waals surface area contributed by atoms with Gasteiger partial charge in [0.15, 0.2) is 0 Å². The number of benzene rings is 2. The van der Waals surface area contributed by atoms with E-state index >= 15 is 0 Å². The van der Waals surface area contributed by atoms with E-state index in [4.69, 9.17) is 11.6 Å². The molecule has 0 aliphatic rings. The maximum absolute atomic E-state index is 13.1. The molecule has 2 aromatic carbocycles. The van der Waals surface area contributed by atoms with Crippen LogP contribution in [0.5, 0.6) is 0 Å². The molecule has 2 aromatic rings. The van der Waals surface area contributed by atoms with Gasteiger partial charge in [-0.3, -0.25) is 0 Å². The van der Waals surface area contributed by atoms with Gasteiger partial charge in [-0.2, -0.15) is 0 Å². The molecule has 18 heavy (non-hydrogen) atoms. The highest BCUT2D eigenvalue weighted by Gasteiger charge is 2.15. The third-order valence-electron chi connectivity index (χ3n) is 3.07. The first kappa shape index (κ1) is 13.1. The van der Waals surface area contributed by atoms with Crippen LogP contribution in [-0.2, 0) is 0 Å². The van der Waals surface area contributed by atoms with Crippen LogP contribution in [0.1, 0.15) is 28.4 Å². The Morgan fingerprint density at radius 3 is 2.44 bits per heavy atom. The molecule has 3 heteroatoms. The second kappa shape index (κ2) is 5.09. The van der Waals surface area contributed by atoms with Gasteiger partial charge in [-0.05, 0) is 48.7 Å². The van der Waals surface area contributed by atoms with E-state index < -0.39 is 6.10 Å². The second-order valence-corrected chi connectivity index (χ2v) is 4.82. The van der Waals surface area contributed by atoms with Gasteiger partial charge in [0, 0.05) is 10.6 Å². The van der Waals surface area contributed by atoms with Crippen molar-refractivity contribution in [2.24, 2.45) is 0 Å². The summed E-state index contributed by atoms with van der Waals surface area (Å²) < 4.78 is 13.1. The van der Waals surface area contributed by atoms with Crippen LogP contribution in [0.25, 0.3) is 0 Å². The predicted octanol–water partition coefficient (Wildman–Crippen LogP) is 4.18. The lowest BCUT2D eigenvalue weighted by Crippen LogP contribution is -2.02. The highest BCUT2D eigenvalue weighted by molar-refractivity contribution is 6.31. The minimum atomic E-state index is -0.910. The molecule has 0 amide bonds. The number of halogens is 2. The van der Waals surface area contributed by atoms with E-state index in [-0.39, 0.29) is 5.82 Å². The number of hydrogen-bond acceptors (Lipinski definition) is 1. The largest absolute Gasteiger partial charge is 0.384 e. The fraction of sp³-hybridized carbons (Fsp3) is 0.200. The van der Waals surface area contributed by atoms with Crippen LogP contribution in [0, 0.1) is 19.7 Å². The maximum Gasteiger partial charge on any atom is 0.123 e. The Bertz CT molecular complexity index is 581. The van der Waals surface area contributed by atoms with Crippen LogP contribution in [0.4, 0.5) is 4.39 Å². The quantitative estimate of drug-likeness (QED) is 0.863. The van der Waals surface area contributed by atoms with Gasteiger partial charge in [-0.25, -0.2) is 4.39 Å². The molecule has 0 bridgehead atoms. The van der Waals surface area contributed by atoms with Gasteiger partial charge in [0.2, 0.25) is 0 Å². The van der Waals surface area contributed by atoms with Crippen LogP contribution in [-0.4, -0.2) is 5.11 Å². The summed E-state index contributed by atoms with van der Waals surface area (Å²) in [4.78, 5) is 0.